The molecule has 1 aliphatic rings. The number of thiazole rings is 1. The number of morpholine rings is 1. The number of nitrogens with one attached hydrogen (secondary N) is 1. The Bertz CT molecular complexity index is 520. The third-order valence-electron chi connectivity index (χ3n) is 2.88. The molecule has 0 saturated carbocycles. The minimum atomic E-state index is 0.251. The average Bonchev–Trinajstić information content (AvgIpc) is 2.90. The van der Waals surface area contributed by atoms with Crippen LogP contribution in [0.2, 0.25) is 0 Å². The molecule has 1 atom stereocenters. The van der Waals surface area contributed by atoms with Crippen LogP contribution in [0, 0.1) is 3.57 Å². The van der Waals surface area contributed by atoms with Crippen molar-refractivity contribution in [3.8, 4) is 11.3 Å². The summed E-state index contributed by atoms with van der Waals surface area (Å²) < 4.78 is 6.71. The van der Waals surface area contributed by atoms with Crippen molar-refractivity contribution in [3.05, 3.63) is 38.2 Å². The summed E-state index contributed by atoms with van der Waals surface area (Å²) in [6, 6.07) is 8.70. The van der Waals surface area contributed by atoms with Gasteiger partial charge in [0.2, 0.25) is 0 Å². The molecule has 1 N–H and O–H groups in total. The highest BCUT2D eigenvalue weighted by Gasteiger charge is 2.18. The molecule has 3 nitrogen and oxygen atoms in total. The normalized spacial score (nSPS) is 19.9. The molecule has 0 aliphatic carbocycles. The van der Waals surface area contributed by atoms with E-state index in [0.717, 1.165) is 30.5 Å². The van der Waals surface area contributed by atoms with Gasteiger partial charge in [0.1, 0.15) is 5.01 Å². The van der Waals surface area contributed by atoms with Crippen LogP contribution >= 0.6 is 33.9 Å². The van der Waals surface area contributed by atoms with Crippen molar-refractivity contribution in [1.29, 1.82) is 0 Å². The maximum Gasteiger partial charge on any atom is 0.113 e. The molecule has 0 bridgehead atoms. The molecule has 94 valence electrons. The Balaban J connectivity index is 1.82. The van der Waals surface area contributed by atoms with E-state index in [0.29, 0.717) is 0 Å². The van der Waals surface area contributed by atoms with Gasteiger partial charge in [-0.3, -0.25) is 0 Å². The molecule has 0 spiro atoms. The number of rotatable bonds is 2. The Morgan fingerprint density at radius 2 is 2.17 bits per heavy atom. The second-order valence-corrected chi connectivity index (χ2v) is 6.29. The van der Waals surface area contributed by atoms with Crippen molar-refractivity contribution in [2.45, 2.75) is 6.04 Å². The molecular weight excluding hydrogens is 359 g/mol. The standard InChI is InChI=1S/C13H13IN2OS/c14-10-3-1-9(2-4-10)12-8-18-13(16-12)11-7-17-6-5-15-11/h1-4,8,11,15H,5-7H2. The van der Waals surface area contributed by atoms with Crippen LogP contribution in [-0.4, -0.2) is 24.7 Å². The van der Waals surface area contributed by atoms with E-state index in [1.54, 1.807) is 11.3 Å². The van der Waals surface area contributed by atoms with Gasteiger partial charge in [-0.1, -0.05) is 12.1 Å². The Morgan fingerprint density at radius 1 is 1.33 bits per heavy atom. The lowest BCUT2D eigenvalue weighted by Gasteiger charge is -2.21. The van der Waals surface area contributed by atoms with Crippen LogP contribution in [0.15, 0.2) is 29.6 Å². The van der Waals surface area contributed by atoms with Crippen LogP contribution in [0.25, 0.3) is 11.3 Å². The lowest BCUT2D eigenvalue weighted by molar-refractivity contribution is 0.0768. The van der Waals surface area contributed by atoms with Crippen molar-refractivity contribution in [3.63, 3.8) is 0 Å². The summed E-state index contributed by atoms with van der Waals surface area (Å²) in [5.41, 5.74) is 2.23. The van der Waals surface area contributed by atoms with E-state index in [2.05, 4.69) is 57.6 Å². The molecule has 1 aromatic carbocycles. The van der Waals surface area contributed by atoms with E-state index in [4.69, 9.17) is 9.72 Å². The number of halogens is 1. The van der Waals surface area contributed by atoms with Crippen LogP contribution in [-0.2, 0) is 4.74 Å². The molecule has 1 saturated heterocycles. The van der Waals surface area contributed by atoms with Gasteiger partial charge in [-0.15, -0.1) is 11.3 Å². The molecule has 0 amide bonds. The van der Waals surface area contributed by atoms with E-state index < -0.39 is 0 Å². The van der Waals surface area contributed by atoms with Crippen LogP contribution in [0.5, 0.6) is 0 Å². The quantitative estimate of drug-likeness (QED) is 0.823. The van der Waals surface area contributed by atoms with Gasteiger partial charge in [0.15, 0.2) is 0 Å². The SMILES string of the molecule is Ic1ccc(-c2csc(C3COCCN3)n2)cc1. The van der Waals surface area contributed by atoms with Gasteiger partial charge in [-0.25, -0.2) is 4.98 Å². The van der Waals surface area contributed by atoms with Gasteiger partial charge < -0.3 is 10.1 Å². The lowest BCUT2D eigenvalue weighted by Crippen LogP contribution is -2.34. The Morgan fingerprint density at radius 3 is 2.89 bits per heavy atom. The lowest BCUT2D eigenvalue weighted by atomic mass is 10.2. The maximum absolute atomic E-state index is 5.47. The third kappa shape index (κ3) is 2.74. The number of benzene rings is 1. The highest BCUT2D eigenvalue weighted by atomic mass is 127. The molecule has 5 heteroatoms. The van der Waals surface area contributed by atoms with Crippen molar-refractivity contribution in [2.75, 3.05) is 19.8 Å². The molecule has 0 radical (unpaired) electrons. The summed E-state index contributed by atoms with van der Waals surface area (Å²) in [4.78, 5) is 4.71. The number of hydrogen-bond acceptors (Lipinski definition) is 4. The number of nitrogens with zero attached hydrogens (tertiary/aromatic N) is 1. The first-order valence-electron chi connectivity index (χ1n) is 5.85. The minimum absolute atomic E-state index is 0.251. The summed E-state index contributed by atoms with van der Waals surface area (Å²) in [6.45, 7) is 2.43. The summed E-state index contributed by atoms with van der Waals surface area (Å²) >= 11 is 4.01. The molecule has 2 heterocycles. The maximum atomic E-state index is 5.47. The molecule has 1 aliphatic heterocycles. The first-order valence-corrected chi connectivity index (χ1v) is 7.81. The fraction of sp³-hybridized carbons (Fsp3) is 0.308. The van der Waals surface area contributed by atoms with Gasteiger partial charge in [0, 0.05) is 21.1 Å². The zero-order valence-corrected chi connectivity index (χ0v) is 12.7. The van der Waals surface area contributed by atoms with E-state index in [-0.39, 0.29) is 6.04 Å². The van der Waals surface area contributed by atoms with Gasteiger partial charge in [-0.2, -0.15) is 0 Å². The third-order valence-corrected chi connectivity index (χ3v) is 4.56. The van der Waals surface area contributed by atoms with Gasteiger partial charge in [-0.05, 0) is 34.7 Å². The molecule has 18 heavy (non-hydrogen) atoms. The van der Waals surface area contributed by atoms with Crippen LogP contribution in [0.1, 0.15) is 11.0 Å². The highest BCUT2D eigenvalue weighted by Crippen LogP contribution is 2.26. The molecule has 1 unspecified atom stereocenters. The monoisotopic (exact) mass is 372 g/mol. The van der Waals surface area contributed by atoms with Crippen molar-refractivity contribution in [2.24, 2.45) is 0 Å². The first kappa shape index (κ1) is 12.5. The zero-order chi connectivity index (χ0) is 12.4. The second-order valence-electron chi connectivity index (χ2n) is 4.16. The largest absolute Gasteiger partial charge is 0.378 e. The summed E-state index contributed by atoms with van der Waals surface area (Å²) in [6.07, 6.45) is 0. The number of ether oxygens (including phenoxy) is 1. The van der Waals surface area contributed by atoms with Crippen molar-refractivity contribution < 1.29 is 4.74 Å². The van der Waals surface area contributed by atoms with Crippen LogP contribution in [0.3, 0.4) is 0 Å². The zero-order valence-electron chi connectivity index (χ0n) is 9.73. The fourth-order valence-corrected chi connectivity index (χ4v) is 3.17. The van der Waals surface area contributed by atoms with Crippen molar-refractivity contribution in [1.82, 2.24) is 10.3 Å². The number of aromatic nitrogens is 1. The predicted molar refractivity (Wildman–Crippen MR) is 81.8 cm³/mol. The summed E-state index contributed by atoms with van der Waals surface area (Å²) in [5.74, 6) is 0. The highest BCUT2D eigenvalue weighted by molar-refractivity contribution is 14.1. The first-order chi connectivity index (χ1) is 8.83. The molecule has 1 fully saturated rings. The Kier molecular flexibility index (Phi) is 3.93. The smallest absolute Gasteiger partial charge is 0.113 e. The van der Waals surface area contributed by atoms with Crippen LogP contribution in [0.4, 0.5) is 0 Å². The molecule has 2 aromatic rings. The molecule has 1 aromatic heterocycles. The summed E-state index contributed by atoms with van der Waals surface area (Å²) in [7, 11) is 0. The Labute approximate surface area is 124 Å². The van der Waals surface area contributed by atoms with E-state index >= 15 is 0 Å². The van der Waals surface area contributed by atoms with Gasteiger partial charge in [0.05, 0.1) is 24.9 Å². The van der Waals surface area contributed by atoms with Crippen molar-refractivity contribution >= 4 is 33.9 Å². The molecule has 3 rings (SSSR count). The van der Waals surface area contributed by atoms with Crippen LogP contribution < -0.4 is 5.32 Å². The van der Waals surface area contributed by atoms with E-state index in [1.165, 1.54) is 9.13 Å². The van der Waals surface area contributed by atoms with Gasteiger partial charge >= 0.3 is 0 Å². The molecular formula is C13H13IN2OS. The van der Waals surface area contributed by atoms with Gasteiger partial charge in [0.25, 0.3) is 0 Å². The van der Waals surface area contributed by atoms with E-state index in [1.807, 2.05) is 0 Å². The predicted octanol–water partition coefficient (Wildman–Crippen LogP) is 3.08. The minimum Gasteiger partial charge on any atom is -0.378 e. The topological polar surface area (TPSA) is 34.1 Å². The second kappa shape index (κ2) is 5.64. The fourth-order valence-electron chi connectivity index (χ4n) is 1.92. The van der Waals surface area contributed by atoms with E-state index in [9.17, 15) is 0 Å². The summed E-state index contributed by atoms with van der Waals surface area (Å²) in [5, 5.41) is 6.66. The number of hydrogen-bond donors (Lipinski definition) is 1. The average molecular weight is 372 g/mol. The Hall–Kier alpha value is -0.500.